The number of likely N-dealkylation sites (N-methyl/N-ethyl adjacent to an activating group) is 1. The number of hydrogen-bond donors (Lipinski definition) is 0. The second-order valence-electron chi connectivity index (χ2n) is 6.42. The lowest BCUT2D eigenvalue weighted by atomic mass is 9.87. The van der Waals surface area contributed by atoms with E-state index in [1.807, 2.05) is 0 Å². The minimum Gasteiger partial charge on any atom is -0.361 e. The van der Waals surface area contributed by atoms with Crippen LogP contribution in [0.15, 0.2) is 45.9 Å². The first-order valence-electron chi connectivity index (χ1n) is 8.28. The maximum Gasteiger partial charge on any atom is 0.131 e. The van der Waals surface area contributed by atoms with E-state index in [2.05, 4.69) is 61.1 Å². The van der Waals surface area contributed by atoms with Gasteiger partial charge in [-0.1, -0.05) is 37.3 Å². The molecule has 2 heterocycles. The van der Waals surface area contributed by atoms with Crippen LogP contribution in [0.3, 0.4) is 0 Å². The van der Waals surface area contributed by atoms with E-state index in [0.717, 1.165) is 50.8 Å². The molecule has 0 saturated heterocycles. The molecule has 4 nitrogen and oxygen atoms in total. The predicted molar refractivity (Wildman–Crippen MR) is 93.6 cm³/mol. The molecule has 0 bridgehead atoms. The number of nitrogens with zero attached hydrogens (tertiary/aromatic N) is 4. The zero-order valence-electron chi connectivity index (χ0n) is 13.9. The summed E-state index contributed by atoms with van der Waals surface area (Å²) in [6.07, 6.45) is 12.2. The van der Waals surface area contributed by atoms with Crippen molar-refractivity contribution in [1.82, 2.24) is 9.80 Å². The second-order valence-corrected chi connectivity index (χ2v) is 6.42. The van der Waals surface area contributed by atoms with Crippen LogP contribution in [0.5, 0.6) is 0 Å². The third kappa shape index (κ3) is 2.74. The molecule has 0 saturated carbocycles. The zero-order chi connectivity index (χ0) is 15.6. The van der Waals surface area contributed by atoms with E-state index in [1.54, 1.807) is 0 Å². The molecule has 118 valence electrons. The summed E-state index contributed by atoms with van der Waals surface area (Å²) in [5, 5.41) is 0. The molecule has 3 rings (SSSR count). The normalized spacial score (nSPS) is 27.9. The molecule has 0 N–H and O–H groups in total. The first-order valence-corrected chi connectivity index (χ1v) is 8.28. The number of allylic oxidation sites excluding steroid dienone is 2. The SMILES string of the molecule is CCCN1CCN=C1C1=CC=CC(C)(C2=NCCN2C)C=C1. The molecule has 0 aromatic heterocycles. The molecule has 0 fully saturated rings. The van der Waals surface area contributed by atoms with E-state index in [4.69, 9.17) is 9.98 Å². The third-order valence-corrected chi connectivity index (χ3v) is 4.55. The smallest absolute Gasteiger partial charge is 0.131 e. The third-order valence-electron chi connectivity index (χ3n) is 4.55. The van der Waals surface area contributed by atoms with Gasteiger partial charge in [-0.05, 0) is 13.3 Å². The van der Waals surface area contributed by atoms with Gasteiger partial charge in [0, 0.05) is 32.3 Å². The monoisotopic (exact) mass is 298 g/mol. The van der Waals surface area contributed by atoms with Gasteiger partial charge >= 0.3 is 0 Å². The molecule has 0 aromatic rings. The number of rotatable bonds is 4. The van der Waals surface area contributed by atoms with Crippen molar-refractivity contribution in [2.24, 2.45) is 15.4 Å². The quantitative estimate of drug-likeness (QED) is 0.798. The summed E-state index contributed by atoms with van der Waals surface area (Å²) >= 11 is 0. The average molecular weight is 298 g/mol. The van der Waals surface area contributed by atoms with Crippen molar-refractivity contribution < 1.29 is 0 Å². The molecule has 3 aliphatic rings. The lowest BCUT2D eigenvalue weighted by Crippen LogP contribution is -2.35. The fourth-order valence-electron chi connectivity index (χ4n) is 3.38. The van der Waals surface area contributed by atoms with Crippen molar-refractivity contribution in [3.05, 3.63) is 36.0 Å². The summed E-state index contributed by atoms with van der Waals surface area (Å²) in [6, 6.07) is 0. The highest BCUT2D eigenvalue weighted by Gasteiger charge is 2.31. The van der Waals surface area contributed by atoms with Gasteiger partial charge < -0.3 is 9.80 Å². The van der Waals surface area contributed by atoms with Gasteiger partial charge in [-0.25, -0.2) is 0 Å². The van der Waals surface area contributed by atoms with Crippen molar-refractivity contribution in [3.8, 4) is 0 Å². The van der Waals surface area contributed by atoms with Gasteiger partial charge in [-0.3, -0.25) is 9.98 Å². The van der Waals surface area contributed by atoms with Gasteiger partial charge in [0.2, 0.25) is 0 Å². The molecule has 22 heavy (non-hydrogen) atoms. The van der Waals surface area contributed by atoms with Crippen molar-refractivity contribution in [2.45, 2.75) is 20.3 Å². The van der Waals surface area contributed by atoms with E-state index in [1.165, 1.54) is 5.57 Å². The summed E-state index contributed by atoms with van der Waals surface area (Å²) in [7, 11) is 2.13. The van der Waals surface area contributed by atoms with Crippen LogP contribution in [-0.4, -0.2) is 61.2 Å². The van der Waals surface area contributed by atoms with E-state index in [-0.39, 0.29) is 5.41 Å². The minimum absolute atomic E-state index is 0.127. The van der Waals surface area contributed by atoms with E-state index < -0.39 is 0 Å². The number of aliphatic imine (C=N–C) groups is 2. The molecular weight excluding hydrogens is 272 g/mol. The first-order chi connectivity index (χ1) is 10.6. The van der Waals surface area contributed by atoms with E-state index in [9.17, 15) is 0 Å². The van der Waals surface area contributed by atoms with E-state index in [0.29, 0.717) is 0 Å². The van der Waals surface area contributed by atoms with Crippen LogP contribution in [0.2, 0.25) is 0 Å². The molecule has 1 atom stereocenters. The fourth-order valence-corrected chi connectivity index (χ4v) is 3.38. The number of amidine groups is 2. The standard InChI is InChI=1S/C18H26N4/c1-4-12-22-14-11-19-16(22)15-6-5-8-18(2,9-7-15)17-20-10-13-21(17)3/h5-9H,4,10-14H2,1-3H3. The lowest BCUT2D eigenvalue weighted by Gasteiger charge is -2.27. The van der Waals surface area contributed by atoms with Gasteiger partial charge in [0.1, 0.15) is 11.7 Å². The Balaban J connectivity index is 1.82. The Morgan fingerprint density at radius 1 is 1.18 bits per heavy atom. The highest BCUT2D eigenvalue weighted by molar-refractivity contribution is 6.02. The van der Waals surface area contributed by atoms with Gasteiger partial charge in [-0.15, -0.1) is 0 Å². The van der Waals surface area contributed by atoms with Crippen LogP contribution in [0.4, 0.5) is 0 Å². The Morgan fingerprint density at radius 3 is 2.73 bits per heavy atom. The Morgan fingerprint density at radius 2 is 2.00 bits per heavy atom. The Kier molecular flexibility index (Phi) is 4.19. The fraction of sp³-hybridized carbons (Fsp3) is 0.556. The van der Waals surface area contributed by atoms with E-state index >= 15 is 0 Å². The van der Waals surface area contributed by atoms with Crippen LogP contribution < -0.4 is 0 Å². The lowest BCUT2D eigenvalue weighted by molar-refractivity contribution is 0.456. The van der Waals surface area contributed by atoms with Crippen LogP contribution in [0.25, 0.3) is 0 Å². The molecular formula is C18H26N4. The maximum absolute atomic E-state index is 4.71. The van der Waals surface area contributed by atoms with Crippen LogP contribution in [0, 0.1) is 5.41 Å². The maximum atomic E-state index is 4.71. The molecule has 1 unspecified atom stereocenters. The molecule has 1 aliphatic carbocycles. The first kappa shape index (κ1) is 15.1. The average Bonchev–Trinajstić information content (AvgIpc) is 3.08. The van der Waals surface area contributed by atoms with Crippen LogP contribution >= 0.6 is 0 Å². The zero-order valence-corrected chi connectivity index (χ0v) is 13.9. The van der Waals surface area contributed by atoms with Crippen molar-refractivity contribution >= 4 is 11.7 Å². The van der Waals surface area contributed by atoms with Gasteiger partial charge in [0.25, 0.3) is 0 Å². The van der Waals surface area contributed by atoms with Crippen molar-refractivity contribution in [1.29, 1.82) is 0 Å². The molecule has 0 amide bonds. The predicted octanol–water partition coefficient (Wildman–Crippen LogP) is 2.51. The molecule has 4 heteroatoms. The number of hydrogen-bond acceptors (Lipinski definition) is 4. The highest BCUT2D eigenvalue weighted by Crippen LogP contribution is 2.30. The molecule has 0 radical (unpaired) electrons. The summed E-state index contributed by atoms with van der Waals surface area (Å²) in [5.74, 6) is 2.31. The second kappa shape index (κ2) is 6.11. The summed E-state index contributed by atoms with van der Waals surface area (Å²) < 4.78 is 0. The Labute approximate surface area is 133 Å². The summed E-state index contributed by atoms with van der Waals surface area (Å²) in [5.41, 5.74) is 1.09. The Hall–Kier alpha value is -1.84. The van der Waals surface area contributed by atoms with Crippen molar-refractivity contribution in [3.63, 3.8) is 0 Å². The highest BCUT2D eigenvalue weighted by atomic mass is 15.2. The molecule has 0 aromatic carbocycles. The largest absolute Gasteiger partial charge is 0.361 e. The topological polar surface area (TPSA) is 31.2 Å². The van der Waals surface area contributed by atoms with Crippen molar-refractivity contribution in [2.75, 3.05) is 39.8 Å². The van der Waals surface area contributed by atoms with Gasteiger partial charge in [0.15, 0.2) is 0 Å². The molecule has 2 aliphatic heterocycles. The minimum atomic E-state index is -0.127. The summed E-state index contributed by atoms with van der Waals surface area (Å²) in [6.45, 7) is 9.42. The summed E-state index contributed by atoms with van der Waals surface area (Å²) in [4.78, 5) is 14.1. The van der Waals surface area contributed by atoms with Gasteiger partial charge in [-0.2, -0.15) is 0 Å². The van der Waals surface area contributed by atoms with Gasteiger partial charge in [0.05, 0.1) is 18.5 Å². The van der Waals surface area contributed by atoms with Crippen LogP contribution in [-0.2, 0) is 0 Å². The Bertz CT molecular complexity index is 582. The van der Waals surface area contributed by atoms with Crippen LogP contribution in [0.1, 0.15) is 20.3 Å². The molecule has 0 spiro atoms.